The Balaban J connectivity index is 2.11. The van der Waals surface area contributed by atoms with Crippen molar-refractivity contribution in [2.75, 3.05) is 19.4 Å². The zero-order valence-electron chi connectivity index (χ0n) is 16.0. The van der Waals surface area contributed by atoms with Crippen molar-refractivity contribution in [2.24, 2.45) is 0 Å². The van der Waals surface area contributed by atoms with Gasteiger partial charge in [0.05, 0.1) is 4.90 Å². The molecule has 0 unspecified atom stereocenters. The van der Waals surface area contributed by atoms with E-state index in [4.69, 9.17) is 4.74 Å². The summed E-state index contributed by atoms with van der Waals surface area (Å²) in [6.07, 6.45) is -1.17. The Morgan fingerprint density at radius 3 is 2.43 bits per heavy atom. The molecule has 0 spiro atoms. The van der Waals surface area contributed by atoms with E-state index in [1.54, 1.807) is 19.1 Å². The average Bonchev–Trinajstić information content (AvgIpc) is 2.63. The average molecular weight is 406 g/mol. The van der Waals surface area contributed by atoms with Crippen molar-refractivity contribution < 1.29 is 27.9 Å². The van der Waals surface area contributed by atoms with Gasteiger partial charge in [-0.25, -0.2) is 17.5 Å². The maximum absolute atomic E-state index is 12.3. The smallest absolute Gasteiger partial charge is 0.342 e. The summed E-state index contributed by atoms with van der Waals surface area (Å²) in [7, 11) is -0.839. The highest BCUT2D eigenvalue weighted by Crippen LogP contribution is 2.23. The van der Waals surface area contributed by atoms with E-state index in [9.17, 15) is 23.1 Å². The van der Waals surface area contributed by atoms with Crippen LogP contribution in [0.15, 0.2) is 47.4 Å². The van der Waals surface area contributed by atoms with Gasteiger partial charge in [0.15, 0.2) is 6.10 Å². The van der Waals surface area contributed by atoms with E-state index in [0.29, 0.717) is 5.56 Å². The van der Waals surface area contributed by atoms with Crippen LogP contribution in [0.25, 0.3) is 0 Å². The molecule has 0 fully saturated rings. The van der Waals surface area contributed by atoms with E-state index in [1.807, 2.05) is 0 Å². The number of esters is 1. The van der Waals surface area contributed by atoms with Crippen molar-refractivity contribution in [3.05, 3.63) is 53.6 Å². The van der Waals surface area contributed by atoms with E-state index < -0.39 is 28.0 Å². The molecule has 150 valence electrons. The highest BCUT2D eigenvalue weighted by atomic mass is 32.2. The molecule has 2 rings (SSSR count). The number of benzene rings is 2. The van der Waals surface area contributed by atoms with E-state index >= 15 is 0 Å². The van der Waals surface area contributed by atoms with Gasteiger partial charge in [-0.2, -0.15) is 0 Å². The molecule has 0 aromatic heterocycles. The normalized spacial score (nSPS) is 12.5. The van der Waals surface area contributed by atoms with Gasteiger partial charge >= 0.3 is 5.97 Å². The van der Waals surface area contributed by atoms with E-state index in [-0.39, 0.29) is 21.9 Å². The number of phenolic OH excluding ortho intramolecular Hbond substituents is 1. The molecular weight excluding hydrogens is 384 g/mol. The van der Waals surface area contributed by atoms with Gasteiger partial charge in [0, 0.05) is 19.8 Å². The lowest BCUT2D eigenvalue weighted by molar-refractivity contribution is -0.123. The first-order valence-electron chi connectivity index (χ1n) is 8.37. The minimum atomic E-state index is -3.65. The Bertz CT molecular complexity index is 1000. The van der Waals surface area contributed by atoms with Crippen molar-refractivity contribution in [1.82, 2.24) is 4.31 Å². The number of aromatic hydroxyl groups is 1. The van der Waals surface area contributed by atoms with Crippen LogP contribution in [0.5, 0.6) is 5.75 Å². The van der Waals surface area contributed by atoms with Crippen molar-refractivity contribution >= 4 is 27.6 Å². The van der Waals surface area contributed by atoms with Crippen LogP contribution in [0.3, 0.4) is 0 Å². The minimum absolute atomic E-state index is 0.0182. The fourth-order valence-electron chi connectivity index (χ4n) is 2.29. The van der Waals surface area contributed by atoms with Crippen molar-refractivity contribution in [2.45, 2.75) is 24.8 Å². The molecule has 28 heavy (non-hydrogen) atoms. The molecule has 2 aromatic rings. The SMILES string of the molecule is Cc1cccc(C(=O)O[C@H](C)C(=O)Nc2cccc(S(=O)(=O)N(C)C)c2)c1O. The second-order valence-corrected chi connectivity index (χ2v) is 8.47. The number of rotatable bonds is 6. The van der Waals surface area contributed by atoms with Crippen LogP contribution in [0.2, 0.25) is 0 Å². The third-order valence-corrected chi connectivity index (χ3v) is 5.80. The molecule has 0 saturated heterocycles. The maximum Gasteiger partial charge on any atom is 0.342 e. The standard InChI is InChI=1S/C19H22N2O6S/c1-12-7-5-10-16(17(12)22)19(24)27-13(2)18(23)20-14-8-6-9-15(11-14)28(25,26)21(3)4/h5-11,13,22H,1-4H3,(H,20,23)/t13-/m1/s1. The number of nitrogens with one attached hydrogen (secondary N) is 1. The number of nitrogens with zero attached hydrogens (tertiary/aromatic N) is 1. The lowest BCUT2D eigenvalue weighted by Crippen LogP contribution is -2.30. The Hall–Kier alpha value is -2.91. The van der Waals surface area contributed by atoms with Gasteiger partial charge in [0.1, 0.15) is 11.3 Å². The van der Waals surface area contributed by atoms with Crippen molar-refractivity contribution in [3.8, 4) is 5.75 Å². The number of aryl methyl sites for hydroxylation is 1. The van der Waals surface area contributed by atoms with Crippen LogP contribution in [-0.2, 0) is 19.6 Å². The van der Waals surface area contributed by atoms with Crippen molar-refractivity contribution in [1.29, 1.82) is 0 Å². The summed E-state index contributed by atoms with van der Waals surface area (Å²) in [5.74, 6) is -1.69. The lowest BCUT2D eigenvalue weighted by Gasteiger charge is -2.16. The molecular formula is C19H22N2O6S. The summed E-state index contributed by atoms with van der Waals surface area (Å²) < 4.78 is 30.5. The molecule has 1 amide bonds. The first kappa shape index (κ1) is 21.4. The van der Waals surface area contributed by atoms with Gasteiger partial charge in [-0.05, 0) is 43.7 Å². The van der Waals surface area contributed by atoms with E-state index in [2.05, 4.69) is 5.32 Å². The molecule has 0 radical (unpaired) electrons. The summed E-state index contributed by atoms with van der Waals surface area (Å²) in [6.45, 7) is 3.01. The van der Waals surface area contributed by atoms with Crippen LogP contribution in [0.1, 0.15) is 22.8 Å². The number of ether oxygens (including phenoxy) is 1. The summed E-state index contributed by atoms with van der Waals surface area (Å²) in [4.78, 5) is 24.5. The minimum Gasteiger partial charge on any atom is -0.507 e. The summed E-state index contributed by atoms with van der Waals surface area (Å²) >= 11 is 0. The number of phenols is 1. The molecule has 8 nitrogen and oxygen atoms in total. The van der Waals surface area contributed by atoms with Gasteiger partial charge in [-0.15, -0.1) is 0 Å². The number of carbonyl (C=O) groups is 2. The molecule has 0 heterocycles. The Morgan fingerprint density at radius 2 is 1.79 bits per heavy atom. The first-order chi connectivity index (χ1) is 13.0. The Kier molecular flexibility index (Phi) is 6.42. The summed E-state index contributed by atoms with van der Waals surface area (Å²) in [5, 5.41) is 12.5. The van der Waals surface area contributed by atoms with Gasteiger partial charge in [0.25, 0.3) is 5.91 Å². The second kappa shape index (κ2) is 8.41. The third-order valence-electron chi connectivity index (χ3n) is 3.99. The summed E-state index contributed by atoms with van der Waals surface area (Å²) in [5.41, 5.74) is 0.707. The zero-order valence-corrected chi connectivity index (χ0v) is 16.8. The monoisotopic (exact) mass is 406 g/mol. The number of hydrogen-bond donors (Lipinski definition) is 2. The Morgan fingerprint density at radius 1 is 1.14 bits per heavy atom. The highest BCUT2D eigenvalue weighted by Gasteiger charge is 2.22. The zero-order chi connectivity index (χ0) is 21.1. The van der Waals surface area contributed by atoms with Crippen LogP contribution < -0.4 is 5.32 Å². The molecule has 2 N–H and O–H groups in total. The largest absolute Gasteiger partial charge is 0.507 e. The van der Waals surface area contributed by atoms with Crippen LogP contribution in [0.4, 0.5) is 5.69 Å². The lowest BCUT2D eigenvalue weighted by atomic mass is 10.1. The quantitative estimate of drug-likeness (QED) is 0.711. The van der Waals surface area contributed by atoms with Crippen LogP contribution in [0, 0.1) is 6.92 Å². The molecule has 0 aliphatic heterocycles. The second-order valence-electron chi connectivity index (χ2n) is 6.32. The number of amides is 1. The van der Waals surface area contributed by atoms with Gasteiger partial charge in [0.2, 0.25) is 10.0 Å². The number of anilines is 1. The summed E-state index contributed by atoms with van der Waals surface area (Å²) in [6, 6.07) is 10.4. The van der Waals surface area contributed by atoms with Gasteiger partial charge in [-0.1, -0.05) is 18.2 Å². The fourth-order valence-corrected chi connectivity index (χ4v) is 3.24. The van der Waals surface area contributed by atoms with E-state index in [1.165, 1.54) is 51.4 Å². The molecule has 0 aliphatic carbocycles. The number of hydrogen-bond acceptors (Lipinski definition) is 6. The Labute approximate surface area is 163 Å². The molecule has 1 atom stereocenters. The van der Waals surface area contributed by atoms with Crippen molar-refractivity contribution in [3.63, 3.8) is 0 Å². The van der Waals surface area contributed by atoms with Gasteiger partial charge < -0.3 is 15.2 Å². The van der Waals surface area contributed by atoms with Gasteiger partial charge in [-0.3, -0.25) is 4.79 Å². The molecule has 0 aliphatic rings. The van der Waals surface area contributed by atoms with E-state index in [0.717, 1.165) is 4.31 Å². The molecule has 9 heteroatoms. The topological polar surface area (TPSA) is 113 Å². The fraction of sp³-hybridized carbons (Fsp3) is 0.263. The number of para-hydroxylation sites is 1. The third kappa shape index (κ3) is 4.68. The number of carbonyl (C=O) groups excluding carboxylic acids is 2. The first-order valence-corrected chi connectivity index (χ1v) is 9.81. The van der Waals surface area contributed by atoms with Crippen LogP contribution in [-0.4, -0.2) is 49.9 Å². The highest BCUT2D eigenvalue weighted by molar-refractivity contribution is 7.89. The predicted octanol–water partition coefficient (Wildman–Crippen LogP) is 2.13. The number of sulfonamides is 1. The predicted molar refractivity (Wildman–Crippen MR) is 104 cm³/mol. The molecule has 0 bridgehead atoms. The molecule has 2 aromatic carbocycles. The van der Waals surface area contributed by atoms with Crippen LogP contribution >= 0.6 is 0 Å². The molecule has 0 saturated carbocycles. The maximum atomic E-state index is 12.3.